The fourth-order valence-electron chi connectivity index (χ4n) is 1.35. The lowest BCUT2D eigenvalue weighted by atomic mass is 9.75. The van der Waals surface area contributed by atoms with Crippen molar-refractivity contribution in [3.8, 4) is 0 Å². The number of hydrazone groups is 3. The van der Waals surface area contributed by atoms with Crippen LogP contribution in [0.4, 0.5) is 0 Å². The minimum atomic E-state index is -2.66. The molecule has 12 nitrogen and oxygen atoms in total. The van der Waals surface area contributed by atoms with Crippen LogP contribution < -0.4 is 17.5 Å². The molecule has 0 atom stereocenters. The average molecular weight is 394 g/mol. The molecule has 0 aliphatic rings. The molecule has 13 heteroatoms. The monoisotopic (exact) mass is 394 g/mol. The number of hydrogen-bond acceptors (Lipinski definition) is 12. The van der Waals surface area contributed by atoms with Crippen molar-refractivity contribution in [3.63, 3.8) is 0 Å². The van der Waals surface area contributed by atoms with Crippen molar-refractivity contribution in [2.45, 2.75) is 47.9 Å². The van der Waals surface area contributed by atoms with Gasteiger partial charge in [-0.05, 0) is 47.9 Å². The smallest absolute Gasteiger partial charge is 0.540 e. The lowest BCUT2D eigenvalue weighted by molar-refractivity contribution is 0.0695. The topological polar surface area (TPSA) is 180 Å². The molecule has 0 amide bonds. The van der Waals surface area contributed by atoms with Gasteiger partial charge >= 0.3 is 6.75 Å². The molecular weight excluding hydrogens is 365 g/mol. The first kappa shape index (κ1) is 24.6. The van der Waals surface area contributed by atoms with Crippen molar-refractivity contribution in [1.82, 2.24) is 0 Å². The van der Waals surface area contributed by atoms with Gasteiger partial charge in [-0.3, -0.25) is 0 Å². The predicted molar refractivity (Wildman–Crippen MR) is 115 cm³/mol. The van der Waals surface area contributed by atoms with E-state index in [2.05, 4.69) is 37.4 Å². The van der Waals surface area contributed by atoms with Crippen LogP contribution >= 0.6 is 0 Å². The van der Waals surface area contributed by atoms with E-state index >= 15 is 0 Å². The Morgan fingerprint density at radius 1 is 0.679 bits per heavy atom. The second kappa shape index (κ2) is 12.1. The van der Waals surface area contributed by atoms with Crippen LogP contribution in [0.25, 0.3) is 0 Å². The number of allylic oxidation sites excluding steroid dienone is 1. The minimum Gasteiger partial charge on any atom is -0.540 e. The Hall–Kier alpha value is -3.38. The van der Waals surface area contributed by atoms with Gasteiger partial charge in [-0.15, -0.1) is 28.1 Å². The fraction of sp³-hybridized carbons (Fsp3) is 0.467. The zero-order valence-electron chi connectivity index (χ0n) is 17.2. The highest BCUT2D eigenvalue weighted by Crippen LogP contribution is 2.19. The molecular formula is C15H29BN9O3-. The molecule has 0 fully saturated rings. The second-order valence-electron chi connectivity index (χ2n) is 5.80. The molecule has 0 heterocycles. The summed E-state index contributed by atoms with van der Waals surface area (Å²) in [4.78, 5) is 0. The third-order valence-corrected chi connectivity index (χ3v) is 3.66. The quantitative estimate of drug-likeness (QED) is 0.156. The maximum absolute atomic E-state index is 5.52. The number of rotatable bonds is 11. The first-order chi connectivity index (χ1) is 13.2. The van der Waals surface area contributed by atoms with Gasteiger partial charge in [0.2, 0.25) is 0 Å². The summed E-state index contributed by atoms with van der Waals surface area (Å²) in [6, 6.07) is 0. The zero-order chi connectivity index (χ0) is 21.7. The second-order valence-corrected chi connectivity index (χ2v) is 5.80. The summed E-state index contributed by atoms with van der Waals surface area (Å²) in [5.41, 5.74) is 2.60. The van der Waals surface area contributed by atoms with Crippen LogP contribution in [0.15, 0.2) is 43.4 Å². The van der Waals surface area contributed by atoms with Gasteiger partial charge in [0.25, 0.3) is 0 Å². The van der Waals surface area contributed by atoms with Crippen molar-refractivity contribution in [2.24, 2.45) is 48.3 Å². The molecule has 6 N–H and O–H groups in total. The van der Waals surface area contributed by atoms with Gasteiger partial charge in [0, 0.05) is 0 Å². The summed E-state index contributed by atoms with van der Waals surface area (Å²) >= 11 is 0. The molecule has 0 aliphatic heterocycles. The van der Waals surface area contributed by atoms with E-state index in [1.54, 1.807) is 41.5 Å². The average Bonchev–Trinajstić information content (AvgIpc) is 2.71. The van der Waals surface area contributed by atoms with Crippen molar-refractivity contribution >= 4 is 41.0 Å². The number of nitrogens with two attached hydrogens (primary N) is 3. The summed E-state index contributed by atoms with van der Waals surface area (Å²) in [5, 5.41) is 22.5. The van der Waals surface area contributed by atoms with Crippen LogP contribution in [0.1, 0.15) is 41.5 Å². The molecule has 0 radical (unpaired) electrons. The van der Waals surface area contributed by atoms with Crippen molar-refractivity contribution < 1.29 is 14.3 Å². The van der Waals surface area contributed by atoms with Gasteiger partial charge in [-0.2, -0.15) is 15.3 Å². The molecule has 0 bridgehead atoms. The van der Waals surface area contributed by atoms with Crippen LogP contribution in [0.2, 0.25) is 6.32 Å². The Balaban J connectivity index is 6.00. The van der Waals surface area contributed by atoms with E-state index in [1.165, 1.54) is 6.08 Å². The van der Waals surface area contributed by atoms with Crippen LogP contribution in [0.3, 0.4) is 0 Å². The van der Waals surface area contributed by atoms with E-state index < -0.39 is 6.75 Å². The summed E-state index contributed by atoms with van der Waals surface area (Å²) in [7, 11) is 0. The minimum absolute atomic E-state index is 0.0702. The Morgan fingerprint density at radius 3 is 1.18 bits per heavy atom. The van der Waals surface area contributed by atoms with Gasteiger partial charge in [0.15, 0.2) is 0 Å². The van der Waals surface area contributed by atoms with Gasteiger partial charge in [0.05, 0.1) is 34.3 Å². The summed E-state index contributed by atoms with van der Waals surface area (Å²) in [6.45, 7) is 11.0. The lowest BCUT2D eigenvalue weighted by Crippen LogP contribution is -2.42. The van der Waals surface area contributed by atoms with Crippen molar-refractivity contribution in [2.75, 3.05) is 0 Å². The molecule has 0 aromatic carbocycles. The Bertz CT molecular complexity index is 638. The maximum atomic E-state index is 5.52. The molecule has 0 unspecified atom stereocenters. The van der Waals surface area contributed by atoms with Crippen LogP contribution in [0, 0.1) is 0 Å². The van der Waals surface area contributed by atoms with Gasteiger partial charge in [0.1, 0.15) is 0 Å². The Morgan fingerprint density at radius 2 is 0.964 bits per heavy atom. The predicted octanol–water partition coefficient (Wildman–Crippen LogP) is 1.29. The van der Waals surface area contributed by atoms with Crippen LogP contribution in [-0.4, -0.2) is 41.0 Å². The highest BCUT2D eigenvalue weighted by Gasteiger charge is 2.37. The molecule has 0 spiro atoms. The largest absolute Gasteiger partial charge is 0.612 e. The third kappa shape index (κ3) is 7.89. The Labute approximate surface area is 164 Å². The summed E-state index contributed by atoms with van der Waals surface area (Å²) < 4.78 is 16.6. The van der Waals surface area contributed by atoms with Gasteiger partial charge in [-0.1, -0.05) is 0 Å². The van der Waals surface area contributed by atoms with Crippen LogP contribution in [-0.2, 0) is 14.3 Å². The molecule has 156 valence electrons. The molecule has 0 saturated heterocycles. The van der Waals surface area contributed by atoms with E-state index in [-0.39, 0.29) is 6.32 Å². The summed E-state index contributed by atoms with van der Waals surface area (Å²) in [5.74, 6) is 15.7. The Kier molecular flexibility index (Phi) is 10.6. The van der Waals surface area contributed by atoms with E-state index in [0.29, 0.717) is 34.3 Å². The van der Waals surface area contributed by atoms with Gasteiger partial charge in [-0.25, -0.2) is 0 Å². The highest BCUT2D eigenvalue weighted by molar-refractivity contribution is 6.61. The number of nitrogens with zero attached hydrogens (tertiary/aromatic N) is 6. The maximum Gasteiger partial charge on any atom is 0.612 e. The molecule has 28 heavy (non-hydrogen) atoms. The van der Waals surface area contributed by atoms with E-state index in [9.17, 15) is 0 Å². The first-order valence-corrected chi connectivity index (χ1v) is 8.35. The first-order valence-electron chi connectivity index (χ1n) is 8.35. The van der Waals surface area contributed by atoms with Crippen molar-refractivity contribution in [3.05, 3.63) is 12.7 Å². The van der Waals surface area contributed by atoms with Crippen LogP contribution in [0.5, 0.6) is 0 Å². The number of hydrogen-bond donors (Lipinski definition) is 3. The molecule has 0 rings (SSSR count). The number of oxime groups is 3. The van der Waals surface area contributed by atoms with E-state index in [1.807, 2.05) is 0 Å². The van der Waals surface area contributed by atoms with E-state index in [0.717, 1.165) is 0 Å². The molecule has 0 saturated carbocycles. The lowest BCUT2D eigenvalue weighted by Gasteiger charge is -2.33. The van der Waals surface area contributed by atoms with E-state index in [4.69, 9.17) is 31.8 Å². The van der Waals surface area contributed by atoms with Crippen molar-refractivity contribution in [1.29, 1.82) is 0 Å². The normalized spacial score (nSPS) is 15.4. The standard InChI is InChI=1S/C15H29BN9O3/c1-8-9-16(26-23-13(5)10(2)20-17,27-24-14(6)11(3)21-18)28-25-15(7)12(4)22-19/h8H,1,9,17-19H2,2-7H3/q-1/b20-10+,21-11+,22-12+,23-13+,24-14+,25-15+. The molecule has 0 aromatic rings. The van der Waals surface area contributed by atoms with Gasteiger partial charge < -0.3 is 31.8 Å². The summed E-state index contributed by atoms with van der Waals surface area (Å²) in [6.07, 6.45) is 1.58. The molecule has 0 aromatic heterocycles. The fourth-order valence-corrected chi connectivity index (χ4v) is 1.35. The third-order valence-electron chi connectivity index (χ3n) is 3.66. The zero-order valence-corrected chi connectivity index (χ0v) is 17.2. The molecule has 0 aliphatic carbocycles. The SMILES string of the molecule is C=CC[B-](O/N=C(C)/C(C)=N/N)(O/N=C(C)/C(C)=N/N)O/N=C(C)/C(C)=N/N. The highest BCUT2D eigenvalue weighted by atomic mass is 16.9.